The number of aliphatic imine (C=N–C) groups is 1. The number of ether oxygens (including phenoxy) is 2. The Morgan fingerprint density at radius 3 is 2.23 bits per heavy atom. The molecule has 0 aromatic heterocycles. The zero-order valence-corrected chi connectivity index (χ0v) is 16.3. The van der Waals surface area contributed by atoms with Gasteiger partial charge in [0.05, 0.1) is 0 Å². The van der Waals surface area contributed by atoms with E-state index in [4.69, 9.17) is 15.2 Å². The molecule has 0 saturated carbocycles. The first kappa shape index (κ1) is 21.2. The number of guanidine groups is 1. The highest BCUT2D eigenvalue weighted by Crippen LogP contribution is 2.11. The predicted octanol–water partition coefficient (Wildman–Crippen LogP) is 1.51. The van der Waals surface area contributed by atoms with E-state index < -0.39 is 5.60 Å². The van der Waals surface area contributed by atoms with Gasteiger partial charge < -0.3 is 25.0 Å². The molecule has 1 rings (SSSR count). The third-order valence-electron chi connectivity index (χ3n) is 3.04. The summed E-state index contributed by atoms with van der Waals surface area (Å²) in [6, 6.07) is 0. The van der Waals surface area contributed by atoms with Gasteiger partial charge in [-0.05, 0) is 27.2 Å². The van der Waals surface area contributed by atoms with Crippen LogP contribution in [0.5, 0.6) is 0 Å². The first-order chi connectivity index (χ1) is 9.83. The Balaban J connectivity index is 0.00000441. The number of amides is 1. The Morgan fingerprint density at radius 1 is 1.18 bits per heavy atom. The molecule has 22 heavy (non-hydrogen) atoms. The highest BCUT2D eigenvalue weighted by Gasteiger charge is 2.26. The number of methoxy groups -OCH3 is 1. The van der Waals surface area contributed by atoms with Gasteiger partial charge in [0.2, 0.25) is 0 Å². The fraction of sp³-hybridized carbons (Fsp3) is 0.857. The number of hydrogen-bond donors (Lipinski definition) is 1. The van der Waals surface area contributed by atoms with Crippen molar-refractivity contribution in [3.8, 4) is 0 Å². The second kappa shape index (κ2) is 10.1. The van der Waals surface area contributed by atoms with Crippen molar-refractivity contribution in [3.05, 3.63) is 0 Å². The van der Waals surface area contributed by atoms with Gasteiger partial charge in [0.1, 0.15) is 5.60 Å². The van der Waals surface area contributed by atoms with E-state index >= 15 is 0 Å². The predicted molar refractivity (Wildman–Crippen MR) is 97.8 cm³/mol. The lowest BCUT2D eigenvalue weighted by Gasteiger charge is -2.36. The number of nitrogens with zero attached hydrogens (tertiary/aromatic N) is 3. The topological polar surface area (TPSA) is 80.4 Å². The van der Waals surface area contributed by atoms with Crippen molar-refractivity contribution >= 4 is 36.0 Å². The van der Waals surface area contributed by atoms with Crippen LogP contribution in [0.3, 0.4) is 0 Å². The number of halogens is 1. The van der Waals surface area contributed by atoms with Gasteiger partial charge in [-0.25, -0.2) is 4.79 Å². The monoisotopic (exact) mass is 428 g/mol. The third kappa shape index (κ3) is 8.02. The van der Waals surface area contributed by atoms with Gasteiger partial charge in [-0.1, -0.05) is 0 Å². The van der Waals surface area contributed by atoms with E-state index in [-0.39, 0.29) is 30.1 Å². The zero-order chi connectivity index (χ0) is 15.9. The second-order valence-corrected chi connectivity index (χ2v) is 6.04. The highest BCUT2D eigenvalue weighted by atomic mass is 127. The average molecular weight is 428 g/mol. The van der Waals surface area contributed by atoms with Crippen molar-refractivity contribution in [1.29, 1.82) is 0 Å². The Hall–Kier alpha value is -0.770. The molecule has 1 aliphatic heterocycles. The molecule has 1 saturated heterocycles. The van der Waals surface area contributed by atoms with Crippen LogP contribution < -0.4 is 5.73 Å². The molecule has 2 N–H and O–H groups in total. The molecule has 130 valence electrons. The number of carbonyl (C=O) groups excluding carboxylic acids is 1. The lowest BCUT2D eigenvalue weighted by atomic mass is 10.2. The maximum absolute atomic E-state index is 11.9. The molecular weight excluding hydrogens is 399 g/mol. The smallest absolute Gasteiger partial charge is 0.410 e. The van der Waals surface area contributed by atoms with Crippen molar-refractivity contribution in [2.24, 2.45) is 10.7 Å². The largest absolute Gasteiger partial charge is 0.444 e. The van der Waals surface area contributed by atoms with E-state index in [0.717, 1.165) is 6.42 Å². The van der Waals surface area contributed by atoms with Crippen molar-refractivity contribution < 1.29 is 14.3 Å². The van der Waals surface area contributed by atoms with Crippen molar-refractivity contribution in [2.45, 2.75) is 32.8 Å². The molecule has 0 unspecified atom stereocenters. The molecule has 1 amide bonds. The van der Waals surface area contributed by atoms with E-state index in [9.17, 15) is 4.79 Å². The van der Waals surface area contributed by atoms with Crippen LogP contribution in [0.2, 0.25) is 0 Å². The van der Waals surface area contributed by atoms with Gasteiger partial charge >= 0.3 is 6.09 Å². The first-order valence-corrected chi connectivity index (χ1v) is 7.35. The summed E-state index contributed by atoms with van der Waals surface area (Å²) in [4.78, 5) is 20.0. The Morgan fingerprint density at radius 2 is 1.73 bits per heavy atom. The van der Waals surface area contributed by atoms with Gasteiger partial charge in [-0.3, -0.25) is 4.99 Å². The summed E-state index contributed by atoms with van der Waals surface area (Å²) in [5.41, 5.74) is 5.49. The van der Waals surface area contributed by atoms with E-state index in [1.54, 1.807) is 12.0 Å². The Bertz CT molecular complexity index is 364. The number of rotatable bonds is 4. The van der Waals surface area contributed by atoms with Crippen molar-refractivity contribution in [3.63, 3.8) is 0 Å². The molecule has 1 heterocycles. The SMILES string of the molecule is COCCCN=C(N)N1CCN(C(=O)OC(C)(C)C)CC1.I. The molecule has 8 heteroatoms. The minimum atomic E-state index is -0.462. The minimum Gasteiger partial charge on any atom is -0.444 e. The molecule has 0 radical (unpaired) electrons. The van der Waals surface area contributed by atoms with Gasteiger partial charge in [0.25, 0.3) is 0 Å². The van der Waals surface area contributed by atoms with Crippen LogP contribution in [0.15, 0.2) is 4.99 Å². The van der Waals surface area contributed by atoms with E-state index in [1.165, 1.54) is 0 Å². The summed E-state index contributed by atoms with van der Waals surface area (Å²) in [6.07, 6.45) is 0.590. The van der Waals surface area contributed by atoms with Crippen LogP contribution in [-0.4, -0.2) is 73.9 Å². The number of piperazine rings is 1. The highest BCUT2D eigenvalue weighted by molar-refractivity contribution is 14.0. The third-order valence-corrected chi connectivity index (χ3v) is 3.04. The van der Waals surface area contributed by atoms with Crippen LogP contribution in [0.4, 0.5) is 4.79 Å². The molecule has 0 aromatic carbocycles. The standard InChI is InChI=1S/C14H28N4O3.HI/c1-14(2,3)21-13(19)18-9-7-17(8-10-18)12(15)16-6-5-11-20-4;/h5-11H2,1-4H3,(H2,15,16);1H. The van der Waals surface area contributed by atoms with E-state index in [2.05, 4.69) is 4.99 Å². The molecule has 0 spiro atoms. The molecule has 0 bridgehead atoms. The Labute approximate surface area is 150 Å². The fourth-order valence-electron chi connectivity index (χ4n) is 1.95. The summed E-state index contributed by atoms with van der Waals surface area (Å²) < 4.78 is 10.3. The minimum absolute atomic E-state index is 0. The molecule has 7 nitrogen and oxygen atoms in total. The van der Waals surface area contributed by atoms with Gasteiger partial charge in [-0.2, -0.15) is 0 Å². The van der Waals surface area contributed by atoms with E-state index in [1.807, 2.05) is 25.7 Å². The lowest BCUT2D eigenvalue weighted by Crippen LogP contribution is -2.53. The lowest BCUT2D eigenvalue weighted by molar-refractivity contribution is 0.0186. The summed E-state index contributed by atoms with van der Waals surface area (Å²) >= 11 is 0. The van der Waals surface area contributed by atoms with Gasteiger partial charge in [0.15, 0.2) is 5.96 Å². The second-order valence-electron chi connectivity index (χ2n) is 6.04. The van der Waals surface area contributed by atoms with E-state index in [0.29, 0.717) is 45.3 Å². The number of carbonyl (C=O) groups is 1. The molecule has 1 fully saturated rings. The molecular formula is C14H29IN4O3. The average Bonchev–Trinajstić information content (AvgIpc) is 2.41. The summed E-state index contributed by atoms with van der Waals surface area (Å²) in [5.74, 6) is 0.537. The molecule has 0 aliphatic carbocycles. The summed E-state index contributed by atoms with van der Waals surface area (Å²) in [5, 5.41) is 0. The van der Waals surface area contributed by atoms with Gasteiger partial charge in [0, 0.05) is 46.4 Å². The van der Waals surface area contributed by atoms with Crippen LogP contribution >= 0.6 is 24.0 Å². The van der Waals surface area contributed by atoms with Crippen LogP contribution in [0.1, 0.15) is 27.2 Å². The maximum Gasteiger partial charge on any atom is 0.410 e. The van der Waals surface area contributed by atoms with Crippen LogP contribution in [0, 0.1) is 0 Å². The zero-order valence-electron chi connectivity index (χ0n) is 14.0. The van der Waals surface area contributed by atoms with Crippen LogP contribution in [-0.2, 0) is 9.47 Å². The molecule has 0 atom stereocenters. The summed E-state index contributed by atoms with van der Waals surface area (Å²) in [6.45, 7) is 9.50. The normalized spacial score (nSPS) is 16.3. The number of hydrogen-bond acceptors (Lipinski definition) is 4. The van der Waals surface area contributed by atoms with Crippen molar-refractivity contribution in [2.75, 3.05) is 46.4 Å². The number of nitrogens with two attached hydrogens (primary N) is 1. The van der Waals surface area contributed by atoms with Crippen LogP contribution in [0.25, 0.3) is 0 Å². The Kier molecular flexibility index (Phi) is 9.74. The van der Waals surface area contributed by atoms with Gasteiger partial charge in [-0.15, -0.1) is 24.0 Å². The summed E-state index contributed by atoms with van der Waals surface area (Å²) in [7, 11) is 1.67. The first-order valence-electron chi connectivity index (χ1n) is 7.35. The molecule has 0 aromatic rings. The maximum atomic E-state index is 11.9. The quantitative estimate of drug-likeness (QED) is 0.318. The fourth-order valence-corrected chi connectivity index (χ4v) is 1.95. The molecule has 1 aliphatic rings. The van der Waals surface area contributed by atoms with Crippen molar-refractivity contribution in [1.82, 2.24) is 9.80 Å².